The molecule has 100 valence electrons. The number of nitriles is 1. The first-order valence-electron chi connectivity index (χ1n) is 6.38. The maximum atomic E-state index is 12.3. The highest BCUT2D eigenvalue weighted by Gasteiger charge is 2.10. The van der Waals surface area contributed by atoms with E-state index in [4.69, 9.17) is 5.26 Å². The number of rotatable bonds is 3. The Morgan fingerprint density at radius 3 is 2.45 bits per heavy atom. The average Bonchev–Trinajstić information content (AvgIpc) is 2.42. The van der Waals surface area contributed by atoms with Gasteiger partial charge in [0.25, 0.3) is 5.56 Å². The van der Waals surface area contributed by atoms with E-state index < -0.39 is 0 Å². The van der Waals surface area contributed by atoms with Crippen LogP contribution in [0.5, 0.6) is 0 Å². The molecule has 1 aromatic heterocycles. The van der Waals surface area contributed by atoms with Crippen molar-refractivity contribution in [3.05, 3.63) is 70.0 Å². The van der Waals surface area contributed by atoms with Gasteiger partial charge < -0.3 is 4.57 Å². The summed E-state index contributed by atoms with van der Waals surface area (Å²) in [7, 11) is 0. The molecule has 0 saturated heterocycles. The van der Waals surface area contributed by atoms with Gasteiger partial charge in [0.15, 0.2) is 0 Å². The molecule has 2 aromatic rings. The largest absolute Gasteiger partial charge is 0.303 e. The molecule has 0 unspecified atom stereocenters. The Balaban J connectivity index is 2.67. The van der Waals surface area contributed by atoms with Crippen LogP contribution in [0.15, 0.2) is 53.3 Å². The zero-order valence-corrected chi connectivity index (χ0v) is 11.7. The van der Waals surface area contributed by atoms with Gasteiger partial charge in [-0.2, -0.15) is 5.26 Å². The number of aryl methyl sites for hydroxylation is 1. The fourth-order valence-electron chi connectivity index (χ4n) is 2.07. The minimum atomic E-state index is -0.270. The zero-order chi connectivity index (χ0) is 14.7. The first-order valence-corrected chi connectivity index (χ1v) is 6.38. The van der Waals surface area contributed by atoms with Crippen LogP contribution in [0.1, 0.15) is 18.1 Å². The van der Waals surface area contributed by atoms with E-state index in [1.54, 1.807) is 10.6 Å². The van der Waals surface area contributed by atoms with Crippen LogP contribution in [0.3, 0.4) is 0 Å². The third kappa shape index (κ3) is 2.70. The minimum Gasteiger partial charge on any atom is -0.303 e. The summed E-state index contributed by atoms with van der Waals surface area (Å²) in [6.45, 7) is 8.15. The van der Waals surface area contributed by atoms with Crippen LogP contribution in [0, 0.1) is 18.3 Å². The lowest BCUT2D eigenvalue weighted by Crippen LogP contribution is -2.24. The number of hydrogen-bond acceptors (Lipinski definition) is 2. The van der Waals surface area contributed by atoms with Crippen molar-refractivity contribution in [1.82, 2.24) is 4.57 Å². The monoisotopic (exact) mass is 264 g/mol. The van der Waals surface area contributed by atoms with E-state index in [0.717, 1.165) is 22.4 Å². The van der Waals surface area contributed by atoms with E-state index >= 15 is 0 Å². The molecule has 1 heterocycles. The zero-order valence-electron chi connectivity index (χ0n) is 11.7. The van der Waals surface area contributed by atoms with Gasteiger partial charge in [-0.15, -0.1) is 0 Å². The number of hydrogen-bond donors (Lipinski definition) is 0. The maximum absolute atomic E-state index is 12.3. The van der Waals surface area contributed by atoms with Crippen LogP contribution < -0.4 is 5.56 Å². The van der Waals surface area contributed by atoms with Crippen LogP contribution in [-0.4, -0.2) is 4.57 Å². The van der Waals surface area contributed by atoms with Crippen LogP contribution in [0.4, 0.5) is 0 Å². The van der Waals surface area contributed by atoms with Gasteiger partial charge in [0.1, 0.15) is 11.6 Å². The van der Waals surface area contributed by atoms with Crippen LogP contribution in [0.25, 0.3) is 11.3 Å². The predicted molar refractivity (Wildman–Crippen MR) is 80.4 cm³/mol. The lowest BCUT2D eigenvalue weighted by molar-refractivity contribution is 0.755. The van der Waals surface area contributed by atoms with E-state index in [1.165, 1.54) is 0 Å². The van der Waals surface area contributed by atoms with Gasteiger partial charge in [-0.1, -0.05) is 42.0 Å². The topological polar surface area (TPSA) is 45.8 Å². The van der Waals surface area contributed by atoms with Gasteiger partial charge in [0, 0.05) is 6.54 Å². The Hall–Kier alpha value is -2.60. The van der Waals surface area contributed by atoms with E-state index in [0.29, 0.717) is 6.54 Å². The molecule has 2 rings (SSSR count). The fourth-order valence-corrected chi connectivity index (χ4v) is 2.07. The number of benzene rings is 1. The lowest BCUT2D eigenvalue weighted by atomic mass is 10.1. The molecule has 0 aliphatic heterocycles. The highest BCUT2D eigenvalue weighted by atomic mass is 16.1. The third-order valence-corrected chi connectivity index (χ3v) is 3.07. The lowest BCUT2D eigenvalue weighted by Gasteiger charge is -2.13. The fraction of sp³-hybridized carbons (Fsp3) is 0.176. The number of aromatic nitrogens is 1. The van der Waals surface area contributed by atoms with Crippen LogP contribution in [-0.2, 0) is 6.54 Å². The molecule has 0 bridgehead atoms. The number of nitrogens with zero attached hydrogens (tertiary/aromatic N) is 2. The highest BCUT2D eigenvalue weighted by molar-refractivity contribution is 5.61. The summed E-state index contributed by atoms with van der Waals surface area (Å²) in [5, 5.41) is 8.99. The Morgan fingerprint density at radius 1 is 1.25 bits per heavy atom. The summed E-state index contributed by atoms with van der Waals surface area (Å²) in [4.78, 5) is 12.3. The summed E-state index contributed by atoms with van der Waals surface area (Å²) in [5.41, 5.74) is 3.68. The standard InChI is InChI=1S/C17H16N2O/c1-12(2)11-19-16(9-8-15(10-18)17(19)20)14-6-4-13(3)5-7-14/h4-9H,1,11H2,2-3H3. The molecule has 0 radical (unpaired) electrons. The molecular formula is C17H16N2O. The van der Waals surface area contributed by atoms with E-state index in [2.05, 4.69) is 6.58 Å². The van der Waals surface area contributed by atoms with E-state index in [1.807, 2.05) is 50.2 Å². The van der Waals surface area contributed by atoms with Crippen molar-refractivity contribution in [2.75, 3.05) is 0 Å². The molecule has 0 aliphatic carbocycles. The van der Waals surface area contributed by atoms with Gasteiger partial charge in [-0.25, -0.2) is 0 Å². The predicted octanol–water partition coefficient (Wildman–Crippen LogP) is 3.27. The number of allylic oxidation sites excluding steroid dienone is 1. The SMILES string of the molecule is C=C(C)Cn1c(-c2ccc(C)cc2)ccc(C#N)c1=O. The number of pyridine rings is 1. The second-order valence-corrected chi connectivity index (χ2v) is 4.96. The van der Waals surface area contributed by atoms with E-state index in [9.17, 15) is 4.79 Å². The molecule has 0 N–H and O–H groups in total. The first-order chi connectivity index (χ1) is 9.52. The summed E-state index contributed by atoms with van der Waals surface area (Å²) in [5.74, 6) is 0. The second kappa shape index (κ2) is 5.58. The van der Waals surface area contributed by atoms with Crippen molar-refractivity contribution in [1.29, 1.82) is 5.26 Å². The molecule has 20 heavy (non-hydrogen) atoms. The molecule has 0 fully saturated rings. The van der Waals surface area contributed by atoms with Gasteiger partial charge >= 0.3 is 0 Å². The molecule has 3 nitrogen and oxygen atoms in total. The Labute approximate surface area is 118 Å². The smallest absolute Gasteiger partial charge is 0.269 e. The Kier molecular flexibility index (Phi) is 3.86. The minimum absolute atomic E-state index is 0.155. The summed E-state index contributed by atoms with van der Waals surface area (Å²) in [6.07, 6.45) is 0. The third-order valence-electron chi connectivity index (χ3n) is 3.07. The molecule has 0 saturated carbocycles. The molecule has 1 aromatic carbocycles. The molecule has 3 heteroatoms. The maximum Gasteiger partial charge on any atom is 0.269 e. The average molecular weight is 264 g/mol. The van der Waals surface area contributed by atoms with Crippen LogP contribution >= 0.6 is 0 Å². The van der Waals surface area contributed by atoms with Crippen molar-refractivity contribution in [3.63, 3.8) is 0 Å². The molecule has 0 aliphatic rings. The van der Waals surface area contributed by atoms with Gasteiger partial charge in [0.05, 0.1) is 5.69 Å². The highest BCUT2D eigenvalue weighted by Crippen LogP contribution is 2.19. The molecule has 0 atom stereocenters. The molecule has 0 amide bonds. The Morgan fingerprint density at radius 2 is 1.90 bits per heavy atom. The summed E-state index contributed by atoms with van der Waals surface area (Å²) < 4.78 is 1.60. The van der Waals surface area contributed by atoms with E-state index in [-0.39, 0.29) is 11.1 Å². The van der Waals surface area contributed by atoms with Crippen molar-refractivity contribution in [3.8, 4) is 17.3 Å². The Bertz CT molecular complexity index is 746. The molecular weight excluding hydrogens is 248 g/mol. The van der Waals surface area contributed by atoms with Gasteiger partial charge in [0.2, 0.25) is 0 Å². The van der Waals surface area contributed by atoms with Crippen molar-refractivity contribution in [2.24, 2.45) is 0 Å². The summed E-state index contributed by atoms with van der Waals surface area (Å²) in [6, 6.07) is 13.3. The van der Waals surface area contributed by atoms with Crippen molar-refractivity contribution >= 4 is 0 Å². The van der Waals surface area contributed by atoms with Crippen molar-refractivity contribution in [2.45, 2.75) is 20.4 Å². The normalized spacial score (nSPS) is 10.1. The van der Waals surface area contributed by atoms with Crippen LogP contribution in [0.2, 0.25) is 0 Å². The van der Waals surface area contributed by atoms with Gasteiger partial charge in [-0.05, 0) is 31.5 Å². The second-order valence-electron chi connectivity index (χ2n) is 4.96. The quantitative estimate of drug-likeness (QED) is 0.799. The summed E-state index contributed by atoms with van der Waals surface area (Å²) >= 11 is 0. The molecule has 0 spiro atoms. The van der Waals surface area contributed by atoms with Gasteiger partial charge in [-0.3, -0.25) is 4.79 Å². The van der Waals surface area contributed by atoms with Crippen molar-refractivity contribution < 1.29 is 0 Å². The first kappa shape index (κ1) is 13.8.